The molecule has 0 bridgehead atoms. The molecule has 0 aromatic heterocycles. The second-order valence-corrected chi connectivity index (χ2v) is 5.21. The van der Waals surface area contributed by atoms with Gasteiger partial charge in [0.25, 0.3) is 5.79 Å². The van der Waals surface area contributed by atoms with E-state index in [9.17, 15) is 19.2 Å². The molecule has 0 aromatic carbocycles. The molecular weight excluding hydrogens is 282 g/mol. The maximum atomic E-state index is 11.3. The summed E-state index contributed by atoms with van der Waals surface area (Å²) in [5.41, 5.74) is -0.191. The number of hydrogen-bond donors (Lipinski definition) is 0. The van der Waals surface area contributed by atoms with E-state index < -0.39 is 17.5 Å². The minimum absolute atomic E-state index is 0.0929. The van der Waals surface area contributed by atoms with Gasteiger partial charge in [-0.25, -0.2) is 19.2 Å². The van der Waals surface area contributed by atoms with Crippen molar-refractivity contribution in [2.24, 2.45) is 15.0 Å². The van der Waals surface area contributed by atoms with Crippen LogP contribution in [0.5, 0.6) is 0 Å². The molecule has 20 heavy (non-hydrogen) atoms. The monoisotopic (exact) mass is 295 g/mol. The van der Waals surface area contributed by atoms with E-state index >= 15 is 0 Å². The first kappa shape index (κ1) is 17.6. The van der Waals surface area contributed by atoms with E-state index in [-0.39, 0.29) is 18.4 Å². The van der Waals surface area contributed by atoms with Gasteiger partial charge in [0.05, 0.1) is 16.0 Å². The van der Waals surface area contributed by atoms with E-state index in [4.69, 9.17) is 4.74 Å². The number of aliphatic imine (C=N–C) groups is 3. The van der Waals surface area contributed by atoms with E-state index in [1.54, 1.807) is 0 Å². The minimum Gasteiger partial charge on any atom is -0.464 e. The predicted octanol–water partition coefficient (Wildman–Crippen LogP) is -0.761. The Morgan fingerprint density at radius 3 is 2.05 bits per heavy atom. The molecule has 0 aliphatic carbocycles. The lowest BCUT2D eigenvalue weighted by atomic mass is 10.2. The average molecular weight is 295 g/mol. The zero-order chi connectivity index (χ0) is 15.6. The van der Waals surface area contributed by atoms with Crippen molar-refractivity contribution in [3.63, 3.8) is 0 Å². The summed E-state index contributed by atoms with van der Waals surface area (Å²) in [5.74, 6) is -2.48. The third-order valence-electron chi connectivity index (χ3n) is 2.22. The fourth-order valence-corrected chi connectivity index (χ4v) is 1.70. The molecule has 0 saturated carbocycles. The Hall–Kier alpha value is -2.43. The van der Waals surface area contributed by atoms with Crippen molar-refractivity contribution in [2.45, 2.75) is 31.3 Å². The Bertz CT molecular complexity index is 483. The molecule has 8 nitrogen and oxygen atoms in total. The summed E-state index contributed by atoms with van der Waals surface area (Å²) in [6.07, 6.45) is 3.65. The molecule has 1 unspecified atom stereocenters. The first-order valence-corrected chi connectivity index (χ1v) is 6.70. The number of carbonyl (C=O) groups is 1. The Morgan fingerprint density at radius 2 is 1.70 bits per heavy atom. The lowest BCUT2D eigenvalue weighted by Gasteiger charge is -2.18. The van der Waals surface area contributed by atoms with Crippen LogP contribution in [0, 0.1) is 0 Å². The van der Waals surface area contributed by atoms with E-state index in [0.29, 0.717) is 10.2 Å². The highest BCUT2D eigenvalue weighted by atomic mass is 28.1. The highest BCUT2D eigenvalue weighted by Crippen LogP contribution is 2.22. The molecule has 0 amide bonds. The van der Waals surface area contributed by atoms with Gasteiger partial charge in [0.1, 0.15) is 0 Å². The molecule has 0 radical (unpaired) electrons. The maximum absolute atomic E-state index is 11.3. The van der Waals surface area contributed by atoms with Crippen LogP contribution >= 0.6 is 0 Å². The van der Waals surface area contributed by atoms with Gasteiger partial charge in [0, 0.05) is 12.0 Å². The molecule has 0 fully saturated rings. The molecule has 106 valence electrons. The molecule has 0 rings (SSSR count). The highest BCUT2D eigenvalue weighted by Gasteiger charge is 2.30. The van der Waals surface area contributed by atoms with Crippen LogP contribution in [-0.4, -0.2) is 46.0 Å². The molecular formula is C11H13N3O5Si. The van der Waals surface area contributed by atoms with Crippen molar-refractivity contribution in [3.8, 4) is 0 Å². The van der Waals surface area contributed by atoms with Crippen LogP contribution in [0.1, 0.15) is 19.8 Å². The smallest absolute Gasteiger partial charge is 0.333 e. The van der Waals surface area contributed by atoms with Gasteiger partial charge in [-0.2, -0.15) is 15.0 Å². The van der Waals surface area contributed by atoms with Crippen molar-refractivity contribution in [2.75, 3.05) is 0 Å². The van der Waals surface area contributed by atoms with Gasteiger partial charge in [-0.05, 0) is 13.3 Å². The van der Waals surface area contributed by atoms with Gasteiger partial charge in [0.15, 0.2) is 0 Å². The van der Waals surface area contributed by atoms with Crippen LogP contribution in [0.25, 0.3) is 0 Å². The summed E-state index contributed by atoms with van der Waals surface area (Å²) < 4.78 is 5.04. The van der Waals surface area contributed by atoms with Crippen molar-refractivity contribution < 1.29 is 23.9 Å². The Morgan fingerprint density at radius 1 is 1.25 bits per heavy atom. The minimum atomic E-state index is -1.93. The number of carbonyl (C=O) groups excluding carboxylic acids is 4. The summed E-state index contributed by atoms with van der Waals surface area (Å²) in [4.78, 5) is 51.9. The van der Waals surface area contributed by atoms with Crippen LogP contribution in [0.3, 0.4) is 0 Å². The average Bonchev–Trinajstić information content (AvgIpc) is 2.37. The van der Waals surface area contributed by atoms with Crippen LogP contribution in [-0.2, 0) is 23.9 Å². The summed E-state index contributed by atoms with van der Waals surface area (Å²) in [5, 5.41) is 0. The van der Waals surface area contributed by atoms with Crippen molar-refractivity contribution in [1.82, 2.24) is 0 Å². The molecule has 0 aliphatic rings. The Balaban J connectivity index is 4.89. The van der Waals surface area contributed by atoms with Gasteiger partial charge in [0.2, 0.25) is 18.2 Å². The van der Waals surface area contributed by atoms with Crippen molar-refractivity contribution in [3.05, 3.63) is 12.2 Å². The van der Waals surface area contributed by atoms with E-state index in [1.807, 2.05) is 0 Å². The fourth-order valence-electron chi connectivity index (χ4n) is 1.20. The molecule has 0 saturated heterocycles. The number of esters is 1. The van der Waals surface area contributed by atoms with Gasteiger partial charge in [-0.1, -0.05) is 6.58 Å². The van der Waals surface area contributed by atoms with Crippen molar-refractivity contribution in [1.29, 1.82) is 0 Å². The Labute approximate surface area is 117 Å². The molecule has 9 heteroatoms. The summed E-state index contributed by atoms with van der Waals surface area (Å²) in [7, 11) is 0.484. The highest BCUT2D eigenvalue weighted by molar-refractivity contribution is 6.12. The van der Waals surface area contributed by atoms with Crippen LogP contribution in [0.15, 0.2) is 27.1 Å². The normalized spacial score (nSPS) is 13.7. The summed E-state index contributed by atoms with van der Waals surface area (Å²) >= 11 is 0. The van der Waals surface area contributed by atoms with Crippen LogP contribution in [0.4, 0.5) is 0 Å². The van der Waals surface area contributed by atoms with E-state index in [2.05, 4.69) is 21.6 Å². The van der Waals surface area contributed by atoms with Gasteiger partial charge >= 0.3 is 5.97 Å². The molecule has 0 spiro atoms. The van der Waals surface area contributed by atoms with Crippen LogP contribution in [0.2, 0.25) is 0 Å². The zero-order valence-electron chi connectivity index (χ0n) is 11.1. The largest absolute Gasteiger partial charge is 0.464 e. The predicted molar refractivity (Wildman–Crippen MR) is 71.0 cm³/mol. The Kier molecular flexibility index (Phi) is 7.58. The number of ether oxygens (including phenoxy) is 1. The first-order chi connectivity index (χ1) is 9.40. The number of nitrogens with zero attached hydrogens (tertiary/aromatic N) is 3. The number of isocyanates is 3. The molecule has 0 aromatic rings. The SMILES string of the molecule is C=C(C)C(=O)OC([SiH3])CCC(N=C=O)(N=C=O)N=C=O. The summed E-state index contributed by atoms with van der Waals surface area (Å²) in [6, 6.07) is 0. The standard InChI is InChI=1S/C11H13N3O5Si/c1-8(2)10(18)19-9(20)3-4-11(12-5-15,13-6-16)14-7-17/h9H,1,3-4H2,2,20H3. The lowest BCUT2D eigenvalue weighted by Crippen LogP contribution is -2.26. The van der Waals surface area contributed by atoms with E-state index in [0.717, 1.165) is 0 Å². The number of hydrogen-bond acceptors (Lipinski definition) is 8. The number of rotatable bonds is 8. The van der Waals surface area contributed by atoms with E-state index in [1.165, 1.54) is 25.2 Å². The molecule has 0 heterocycles. The second-order valence-electron chi connectivity index (χ2n) is 3.92. The molecule has 0 aliphatic heterocycles. The van der Waals surface area contributed by atoms with Gasteiger partial charge < -0.3 is 4.74 Å². The zero-order valence-corrected chi connectivity index (χ0v) is 13.1. The third-order valence-corrected chi connectivity index (χ3v) is 3.03. The molecule has 1 atom stereocenters. The maximum Gasteiger partial charge on any atom is 0.333 e. The van der Waals surface area contributed by atoms with Crippen LogP contribution < -0.4 is 0 Å². The topological polar surface area (TPSA) is 115 Å². The first-order valence-electron chi connectivity index (χ1n) is 5.54. The quantitative estimate of drug-likeness (QED) is 0.192. The van der Waals surface area contributed by atoms with Gasteiger partial charge in [-0.15, -0.1) is 0 Å². The summed E-state index contributed by atoms with van der Waals surface area (Å²) in [6.45, 7) is 4.94. The molecule has 0 N–H and O–H groups in total. The third kappa shape index (κ3) is 5.95. The van der Waals surface area contributed by atoms with Gasteiger partial charge in [-0.3, -0.25) is 0 Å². The second kappa shape index (κ2) is 8.63. The lowest BCUT2D eigenvalue weighted by molar-refractivity contribution is -0.141. The van der Waals surface area contributed by atoms with Crippen molar-refractivity contribution >= 4 is 34.5 Å². The fraction of sp³-hybridized carbons (Fsp3) is 0.455.